The molecule has 1 aliphatic rings. The van der Waals surface area contributed by atoms with Crippen molar-refractivity contribution < 1.29 is 9.59 Å². The maximum absolute atomic E-state index is 11.6. The van der Waals surface area contributed by atoms with Crippen molar-refractivity contribution >= 4 is 11.8 Å². The lowest BCUT2D eigenvalue weighted by Crippen LogP contribution is -2.40. The van der Waals surface area contributed by atoms with Crippen LogP contribution in [0.5, 0.6) is 0 Å². The second-order valence-corrected chi connectivity index (χ2v) is 5.12. The Labute approximate surface area is 110 Å². The van der Waals surface area contributed by atoms with E-state index in [0.29, 0.717) is 25.8 Å². The van der Waals surface area contributed by atoms with Gasteiger partial charge >= 0.3 is 0 Å². The lowest BCUT2D eigenvalue weighted by Gasteiger charge is -2.23. The molecular weight excluding hydrogens is 226 g/mol. The third-order valence-corrected chi connectivity index (χ3v) is 3.10. The first-order valence-corrected chi connectivity index (χ1v) is 6.63. The molecule has 1 heterocycles. The van der Waals surface area contributed by atoms with Gasteiger partial charge in [0.15, 0.2) is 0 Å². The highest BCUT2D eigenvalue weighted by atomic mass is 16.2. The molecule has 100 valence electrons. The van der Waals surface area contributed by atoms with E-state index in [4.69, 9.17) is 0 Å². The molecule has 0 aromatic carbocycles. The maximum Gasteiger partial charge on any atom is 0.229 e. The van der Waals surface area contributed by atoms with Crippen LogP contribution in [0.25, 0.3) is 0 Å². The molecule has 0 aromatic rings. The van der Waals surface area contributed by atoms with Gasteiger partial charge in [-0.1, -0.05) is 23.3 Å². The van der Waals surface area contributed by atoms with Gasteiger partial charge in [-0.05, 0) is 40.0 Å². The van der Waals surface area contributed by atoms with E-state index < -0.39 is 0 Å². The summed E-state index contributed by atoms with van der Waals surface area (Å²) < 4.78 is 0. The van der Waals surface area contributed by atoms with E-state index in [2.05, 4.69) is 26.8 Å². The number of hydrogen-bond acceptors (Lipinski definition) is 2. The molecule has 1 aliphatic heterocycles. The number of likely N-dealkylation sites (tertiary alicyclic amines) is 1. The number of carbonyl (C=O) groups is 2. The summed E-state index contributed by atoms with van der Waals surface area (Å²) in [6.07, 6.45) is 7.94. The number of nitrogens with zero attached hydrogens (tertiary/aromatic N) is 1. The molecule has 18 heavy (non-hydrogen) atoms. The summed E-state index contributed by atoms with van der Waals surface area (Å²) in [7, 11) is 0. The van der Waals surface area contributed by atoms with Gasteiger partial charge in [0.25, 0.3) is 0 Å². The van der Waals surface area contributed by atoms with Crippen molar-refractivity contribution in [3.63, 3.8) is 0 Å². The molecule has 0 spiro atoms. The molecule has 0 atom stereocenters. The Morgan fingerprint density at radius 1 is 1.11 bits per heavy atom. The minimum Gasteiger partial charge on any atom is -0.279 e. The summed E-state index contributed by atoms with van der Waals surface area (Å²) in [5, 5.41) is 0. The predicted molar refractivity (Wildman–Crippen MR) is 73.0 cm³/mol. The third kappa shape index (κ3) is 4.86. The van der Waals surface area contributed by atoms with Crippen molar-refractivity contribution in [2.24, 2.45) is 0 Å². The largest absolute Gasteiger partial charge is 0.279 e. The van der Waals surface area contributed by atoms with E-state index in [0.717, 1.165) is 12.8 Å². The quantitative estimate of drug-likeness (QED) is 0.554. The molecule has 0 bridgehead atoms. The van der Waals surface area contributed by atoms with Crippen molar-refractivity contribution in [3.05, 3.63) is 23.3 Å². The first-order chi connectivity index (χ1) is 8.50. The molecular formula is C15H23NO2. The first kappa shape index (κ1) is 14.7. The molecule has 3 heteroatoms. The molecule has 0 aromatic heterocycles. The molecule has 2 amide bonds. The average Bonchev–Trinajstić information content (AvgIpc) is 2.27. The van der Waals surface area contributed by atoms with Crippen LogP contribution in [0, 0.1) is 0 Å². The van der Waals surface area contributed by atoms with Crippen molar-refractivity contribution in [2.45, 2.75) is 52.9 Å². The molecule has 0 N–H and O–H groups in total. The third-order valence-electron chi connectivity index (χ3n) is 3.10. The minimum atomic E-state index is -0.0281. The standard InChI is InChI=1S/C15H23NO2/c1-12(2)6-4-7-13(3)10-11-16-14(17)8-5-9-15(16)18/h6,10H,4-5,7-9,11H2,1-3H3. The summed E-state index contributed by atoms with van der Waals surface area (Å²) >= 11 is 0. The van der Waals surface area contributed by atoms with Gasteiger partial charge < -0.3 is 0 Å². The summed E-state index contributed by atoms with van der Waals surface area (Å²) in [5.74, 6) is -0.0563. The second kappa shape index (κ2) is 7.14. The summed E-state index contributed by atoms with van der Waals surface area (Å²) in [6.45, 7) is 6.67. The molecule has 1 saturated heterocycles. The number of piperidine rings is 1. The van der Waals surface area contributed by atoms with Gasteiger partial charge in [-0.25, -0.2) is 0 Å². The van der Waals surface area contributed by atoms with Crippen LogP contribution in [0.15, 0.2) is 23.3 Å². The van der Waals surface area contributed by atoms with E-state index in [9.17, 15) is 9.59 Å². The highest BCUT2D eigenvalue weighted by Crippen LogP contribution is 2.13. The smallest absolute Gasteiger partial charge is 0.229 e. The summed E-state index contributed by atoms with van der Waals surface area (Å²) in [5.41, 5.74) is 2.56. The van der Waals surface area contributed by atoms with Gasteiger partial charge in [0, 0.05) is 19.4 Å². The molecule has 0 radical (unpaired) electrons. The lowest BCUT2D eigenvalue weighted by molar-refractivity contribution is -0.147. The van der Waals surface area contributed by atoms with Gasteiger partial charge in [0.2, 0.25) is 11.8 Å². The van der Waals surface area contributed by atoms with Crippen LogP contribution < -0.4 is 0 Å². The Kier molecular flexibility index (Phi) is 5.83. The van der Waals surface area contributed by atoms with E-state index >= 15 is 0 Å². The average molecular weight is 249 g/mol. The van der Waals surface area contributed by atoms with Crippen molar-refractivity contribution in [3.8, 4) is 0 Å². The van der Waals surface area contributed by atoms with E-state index in [-0.39, 0.29) is 11.8 Å². The number of allylic oxidation sites excluding steroid dienone is 3. The second-order valence-electron chi connectivity index (χ2n) is 5.12. The fourth-order valence-electron chi connectivity index (χ4n) is 1.94. The normalized spacial score (nSPS) is 17.1. The number of hydrogen-bond donors (Lipinski definition) is 0. The van der Waals surface area contributed by atoms with Gasteiger partial charge in [0.05, 0.1) is 0 Å². The SMILES string of the molecule is CC(C)=CCCC(C)=CCN1C(=O)CCCC1=O. The fourth-order valence-corrected chi connectivity index (χ4v) is 1.94. The number of rotatable bonds is 5. The number of imide groups is 1. The highest BCUT2D eigenvalue weighted by molar-refractivity contribution is 5.97. The van der Waals surface area contributed by atoms with E-state index in [1.165, 1.54) is 16.0 Å². The zero-order valence-corrected chi connectivity index (χ0v) is 11.7. The highest BCUT2D eigenvalue weighted by Gasteiger charge is 2.24. The van der Waals surface area contributed by atoms with E-state index in [1.54, 1.807) is 0 Å². The zero-order valence-electron chi connectivity index (χ0n) is 11.7. The maximum atomic E-state index is 11.6. The zero-order chi connectivity index (χ0) is 13.5. The van der Waals surface area contributed by atoms with Gasteiger partial charge in [-0.2, -0.15) is 0 Å². The Balaban J connectivity index is 2.44. The molecule has 1 rings (SSSR count). The predicted octanol–water partition coefficient (Wildman–Crippen LogP) is 3.22. The number of amides is 2. The van der Waals surface area contributed by atoms with Crippen LogP contribution in [0.4, 0.5) is 0 Å². The van der Waals surface area contributed by atoms with Gasteiger partial charge in [-0.15, -0.1) is 0 Å². The molecule has 1 fully saturated rings. The summed E-state index contributed by atoms with van der Waals surface area (Å²) in [6, 6.07) is 0. The van der Waals surface area contributed by atoms with Crippen LogP contribution >= 0.6 is 0 Å². The van der Waals surface area contributed by atoms with Crippen LogP contribution in [0.2, 0.25) is 0 Å². The Hall–Kier alpha value is -1.38. The Bertz CT molecular complexity index is 360. The van der Waals surface area contributed by atoms with Crippen LogP contribution in [-0.4, -0.2) is 23.3 Å². The molecule has 3 nitrogen and oxygen atoms in total. The minimum absolute atomic E-state index is 0.0281. The first-order valence-electron chi connectivity index (χ1n) is 6.63. The van der Waals surface area contributed by atoms with Crippen LogP contribution in [-0.2, 0) is 9.59 Å². The van der Waals surface area contributed by atoms with E-state index in [1.807, 2.05) is 6.08 Å². The van der Waals surface area contributed by atoms with Gasteiger partial charge in [-0.3, -0.25) is 14.5 Å². The Morgan fingerprint density at radius 3 is 2.28 bits per heavy atom. The van der Waals surface area contributed by atoms with Crippen LogP contribution in [0.1, 0.15) is 52.9 Å². The molecule has 0 unspecified atom stereocenters. The van der Waals surface area contributed by atoms with Crippen LogP contribution in [0.3, 0.4) is 0 Å². The lowest BCUT2D eigenvalue weighted by atomic mass is 10.1. The topological polar surface area (TPSA) is 37.4 Å². The fraction of sp³-hybridized carbons (Fsp3) is 0.600. The molecule has 0 aliphatic carbocycles. The number of carbonyl (C=O) groups excluding carboxylic acids is 2. The van der Waals surface area contributed by atoms with Gasteiger partial charge in [0.1, 0.15) is 0 Å². The van der Waals surface area contributed by atoms with Crippen molar-refractivity contribution in [2.75, 3.05) is 6.54 Å². The molecule has 0 saturated carbocycles. The van der Waals surface area contributed by atoms with Crippen molar-refractivity contribution in [1.29, 1.82) is 0 Å². The van der Waals surface area contributed by atoms with Crippen molar-refractivity contribution in [1.82, 2.24) is 4.90 Å². The Morgan fingerprint density at radius 2 is 1.72 bits per heavy atom. The summed E-state index contributed by atoms with van der Waals surface area (Å²) in [4.78, 5) is 24.6. The monoisotopic (exact) mass is 249 g/mol.